The van der Waals surface area contributed by atoms with Crippen molar-refractivity contribution in [1.29, 1.82) is 0 Å². The normalized spacial score (nSPS) is 11.3. The molecule has 0 saturated carbocycles. The number of esters is 1. The molecule has 30 heavy (non-hydrogen) atoms. The summed E-state index contributed by atoms with van der Waals surface area (Å²) in [4.78, 5) is 23.1. The molecule has 1 aromatic carbocycles. The van der Waals surface area contributed by atoms with Gasteiger partial charge in [0, 0.05) is 18.7 Å². The minimum Gasteiger partial charge on any atom is -0.465 e. The van der Waals surface area contributed by atoms with Crippen molar-refractivity contribution in [3.8, 4) is 6.01 Å². The van der Waals surface area contributed by atoms with Gasteiger partial charge in [0.2, 0.25) is 5.95 Å². The summed E-state index contributed by atoms with van der Waals surface area (Å²) in [6, 6.07) is 7.57. The highest BCUT2D eigenvalue weighted by molar-refractivity contribution is 5.91. The van der Waals surface area contributed by atoms with Crippen LogP contribution in [0.4, 0.5) is 5.95 Å². The van der Waals surface area contributed by atoms with E-state index >= 15 is 0 Å². The predicted molar refractivity (Wildman–Crippen MR) is 114 cm³/mol. The molecule has 0 radical (unpaired) electrons. The van der Waals surface area contributed by atoms with E-state index in [1.807, 2.05) is 31.1 Å². The molecule has 160 valence electrons. The zero-order chi connectivity index (χ0) is 21.7. The largest absolute Gasteiger partial charge is 0.465 e. The number of hydrogen-bond donors (Lipinski definition) is 1. The fraction of sp³-hybridized carbons (Fsp3) is 0.429. The van der Waals surface area contributed by atoms with Gasteiger partial charge in [0.25, 0.3) is 0 Å². The van der Waals surface area contributed by atoms with Crippen LogP contribution >= 0.6 is 0 Å². The minimum atomic E-state index is -0.380. The maximum absolute atomic E-state index is 12.0. The Morgan fingerprint density at radius 1 is 1.23 bits per heavy atom. The summed E-state index contributed by atoms with van der Waals surface area (Å²) < 4.78 is 12.3. The topological polar surface area (TPSA) is 93.9 Å². The predicted octanol–water partition coefficient (Wildman–Crippen LogP) is 2.59. The van der Waals surface area contributed by atoms with Gasteiger partial charge < -0.3 is 19.7 Å². The van der Waals surface area contributed by atoms with Gasteiger partial charge in [-0.1, -0.05) is 32.0 Å². The van der Waals surface area contributed by atoms with E-state index in [1.54, 1.807) is 22.8 Å². The highest BCUT2D eigenvalue weighted by Gasteiger charge is 2.17. The van der Waals surface area contributed by atoms with Crippen molar-refractivity contribution in [2.75, 3.05) is 39.7 Å². The molecule has 0 saturated heterocycles. The molecule has 0 spiro atoms. The number of ether oxygens (including phenoxy) is 2. The van der Waals surface area contributed by atoms with Gasteiger partial charge in [-0.05, 0) is 31.6 Å². The number of anilines is 1. The molecule has 1 N–H and O–H groups in total. The lowest BCUT2D eigenvalue weighted by Crippen LogP contribution is -2.20. The molecule has 0 bridgehead atoms. The Labute approximate surface area is 176 Å². The Balaban J connectivity index is 1.91. The third kappa shape index (κ3) is 4.85. The quantitative estimate of drug-likeness (QED) is 0.536. The van der Waals surface area contributed by atoms with Crippen LogP contribution in [0.15, 0.2) is 30.5 Å². The molecule has 9 heteroatoms. The Morgan fingerprint density at radius 3 is 2.70 bits per heavy atom. The second kappa shape index (κ2) is 9.53. The van der Waals surface area contributed by atoms with Gasteiger partial charge in [-0.3, -0.25) is 0 Å². The molecule has 0 fully saturated rings. The third-order valence-corrected chi connectivity index (χ3v) is 4.63. The molecule has 0 unspecified atom stereocenters. The lowest BCUT2D eigenvalue weighted by Gasteiger charge is -2.13. The molecule has 3 rings (SSSR count). The summed E-state index contributed by atoms with van der Waals surface area (Å²) >= 11 is 0. The van der Waals surface area contributed by atoms with Crippen LogP contribution in [0.3, 0.4) is 0 Å². The zero-order valence-electron chi connectivity index (χ0n) is 18.0. The second-order valence-corrected chi connectivity index (χ2v) is 7.47. The highest BCUT2D eigenvalue weighted by atomic mass is 16.5. The molecule has 2 heterocycles. The van der Waals surface area contributed by atoms with E-state index in [4.69, 9.17) is 9.47 Å². The Hall–Kier alpha value is -3.20. The number of hydrogen-bond acceptors (Lipinski definition) is 8. The average molecular weight is 412 g/mol. The molecule has 9 nitrogen and oxygen atoms in total. The fourth-order valence-electron chi connectivity index (χ4n) is 2.94. The molecular formula is C21H28N6O3. The third-order valence-electron chi connectivity index (χ3n) is 4.63. The van der Waals surface area contributed by atoms with E-state index in [-0.39, 0.29) is 17.9 Å². The van der Waals surface area contributed by atoms with E-state index < -0.39 is 0 Å². The number of nitrogens with one attached hydrogen (secondary N) is 1. The lowest BCUT2D eigenvalue weighted by molar-refractivity contribution is 0.0599. The number of aromatic nitrogens is 4. The number of carbonyl (C=O) groups is 1. The Kier molecular flexibility index (Phi) is 6.83. The van der Waals surface area contributed by atoms with E-state index in [0.717, 1.165) is 17.7 Å². The van der Waals surface area contributed by atoms with Crippen molar-refractivity contribution in [2.24, 2.45) is 0 Å². The number of likely N-dealkylation sites (N-methyl/N-ethyl adjacent to an activating group) is 1. The fourth-order valence-corrected chi connectivity index (χ4v) is 2.94. The lowest BCUT2D eigenvalue weighted by atomic mass is 10.1. The summed E-state index contributed by atoms with van der Waals surface area (Å²) in [5.41, 5.74) is 3.00. The monoisotopic (exact) mass is 412 g/mol. The molecule has 3 aromatic rings. The van der Waals surface area contributed by atoms with Crippen molar-refractivity contribution in [3.05, 3.63) is 47.2 Å². The molecular weight excluding hydrogens is 384 g/mol. The van der Waals surface area contributed by atoms with Crippen LogP contribution in [0.5, 0.6) is 6.01 Å². The number of fused-ring (bicyclic) bond motifs is 1. The van der Waals surface area contributed by atoms with Crippen LogP contribution in [0, 0.1) is 0 Å². The number of benzene rings is 1. The minimum absolute atomic E-state index is 0.250. The van der Waals surface area contributed by atoms with Crippen molar-refractivity contribution in [1.82, 2.24) is 24.5 Å². The average Bonchev–Trinajstić information content (AvgIpc) is 3.16. The van der Waals surface area contributed by atoms with E-state index in [2.05, 4.69) is 34.2 Å². The van der Waals surface area contributed by atoms with Crippen LogP contribution in [-0.4, -0.2) is 64.8 Å². The van der Waals surface area contributed by atoms with Gasteiger partial charge in [-0.2, -0.15) is 19.6 Å². The molecule has 2 aromatic heterocycles. The molecule has 0 aliphatic carbocycles. The van der Waals surface area contributed by atoms with Gasteiger partial charge in [0.05, 0.1) is 18.9 Å². The van der Waals surface area contributed by atoms with Crippen molar-refractivity contribution in [3.63, 3.8) is 0 Å². The van der Waals surface area contributed by atoms with Gasteiger partial charge in [-0.25, -0.2) is 4.79 Å². The first-order valence-electron chi connectivity index (χ1n) is 9.84. The molecule has 0 aliphatic rings. The second-order valence-electron chi connectivity index (χ2n) is 7.47. The summed E-state index contributed by atoms with van der Waals surface area (Å²) in [5.74, 6) is 0.362. The van der Waals surface area contributed by atoms with Crippen LogP contribution in [0.25, 0.3) is 5.65 Å². The van der Waals surface area contributed by atoms with Crippen LogP contribution in [0.1, 0.15) is 41.3 Å². The van der Waals surface area contributed by atoms with Gasteiger partial charge in [-0.15, -0.1) is 0 Å². The smallest absolute Gasteiger partial charge is 0.338 e. The zero-order valence-corrected chi connectivity index (χ0v) is 18.0. The van der Waals surface area contributed by atoms with Crippen LogP contribution in [0.2, 0.25) is 0 Å². The molecule has 0 amide bonds. The van der Waals surface area contributed by atoms with Crippen molar-refractivity contribution >= 4 is 17.6 Å². The van der Waals surface area contributed by atoms with Gasteiger partial charge in [0.15, 0.2) is 5.65 Å². The van der Waals surface area contributed by atoms with E-state index in [1.165, 1.54) is 7.11 Å². The summed E-state index contributed by atoms with van der Waals surface area (Å²) in [5, 5.41) is 7.72. The number of rotatable bonds is 9. The number of methoxy groups -OCH3 is 1. The maximum Gasteiger partial charge on any atom is 0.338 e. The van der Waals surface area contributed by atoms with Gasteiger partial charge in [0.1, 0.15) is 6.61 Å². The summed E-state index contributed by atoms with van der Waals surface area (Å²) in [6.45, 7) is 5.77. The maximum atomic E-state index is 12.0. The first-order chi connectivity index (χ1) is 14.4. The first kappa shape index (κ1) is 21.5. The highest BCUT2D eigenvalue weighted by Crippen LogP contribution is 2.23. The summed E-state index contributed by atoms with van der Waals surface area (Å²) in [6.07, 6.45) is 1.80. The molecule has 0 aliphatic heterocycles. The van der Waals surface area contributed by atoms with Crippen molar-refractivity contribution < 1.29 is 14.3 Å². The van der Waals surface area contributed by atoms with E-state index in [0.29, 0.717) is 30.3 Å². The SMILES string of the molecule is COC(=O)c1ccccc1CNc1nc(OCCN(C)C)nc2c(C(C)C)cnn12. The van der Waals surface area contributed by atoms with Crippen molar-refractivity contribution in [2.45, 2.75) is 26.3 Å². The van der Waals surface area contributed by atoms with Crippen LogP contribution < -0.4 is 10.1 Å². The Morgan fingerprint density at radius 2 is 2.00 bits per heavy atom. The summed E-state index contributed by atoms with van der Waals surface area (Å²) in [7, 11) is 5.33. The standard InChI is InChI=1S/C21H28N6O3/c1-14(2)17-13-23-27-18(17)24-21(30-11-10-26(3)4)25-20(27)22-12-15-8-6-7-9-16(15)19(28)29-5/h6-9,13-14H,10-12H2,1-5H3,(H,22,24,25). The van der Waals surface area contributed by atoms with Gasteiger partial charge >= 0.3 is 12.0 Å². The number of carbonyl (C=O) groups excluding carboxylic acids is 1. The van der Waals surface area contributed by atoms with Crippen LogP contribution in [-0.2, 0) is 11.3 Å². The van der Waals surface area contributed by atoms with E-state index in [9.17, 15) is 4.79 Å². The number of nitrogens with zero attached hydrogens (tertiary/aromatic N) is 5. The molecule has 0 atom stereocenters. The Bertz CT molecular complexity index is 1020. The first-order valence-corrected chi connectivity index (χ1v) is 9.84.